The van der Waals surface area contributed by atoms with E-state index >= 15 is 0 Å². The topological polar surface area (TPSA) is 18.5 Å². The fourth-order valence-electron chi connectivity index (χ4n) is 1.93. The van der Waals surface area contributed by atoms with E-state index in [-0.39, 0.29) is 0 Å². The molecule has 0 amide bonds. The summed E-state index contributed by atoms with van der Waals surface area (Å²) in [5, 5.41) is 1.37. The predicted octanol–water partition coefficient (Wildman–Crippen LogP) is 4.99. The molecule has 0 atom stereocenters. The molecule has 0 N–H and O–H groups in total. The van der Waals surface area contributed by atoms with Gasteiger partial charge in [-0.1, -0.05) is 45.1 Å². The summed E-state index contributed by atoms with van der Waals surface area (Å²) in [5.41, 5.74) is 1.32. The number of hydrogen-bond acceptors (Lipinski definition) is 2. The summed E-state index contributed by atoms with van der Waals surface area (Å²) in [6.07, 6.45) is 12.2. The number of rotatable bonds is 9. The Morgan fingerprint density at radius 3 is 2.11 bits per heavy atom. The van der Waals surface area contributed by atoms with E-state index in [0.29, 0.717) is 6.79 Å². The maximum Gasteiger partial charge on any atom is 0.221 e. The van der Waals surface area contributed by atoms with E-state index in [2.05, 4.69) is 58.2 Å². The van der Waals surface area contributed by atoms with Gasteiger partial charge < -0.3 is 9.16 Å². The van der Waals surface area contributed by atoms with Crippen molar-refractivity contribution < 1.29 is 9.16 Å². The largest absolute Gasteiger partial charge is 0.391 e. The fourth-order valence-corrected chi connectivity index (χ4v) is 4.08. The summed E-state index contributed by atoms with van der Waals surface area (Å²) >= 11 is 0. The van der Waals surface area contributed by atoms with Crippen LogP contribution in [-0.2, 0) is 9.16 Å². The molecule has 0 aromatic rings. The van der Waals surface area contributed by atoms with Gasteiger partial charge in [0.25, 0.3) is 0 Å². The van der Waals surface area contributed by atoms with Crippen LogP contribution in [0.4, 0.5) is 0 Å². The number of allylic oxidation sites excluding steroid dienone is 6. The second kappa shape index (κ2) is 10.2. The molecule has 0 saturated heterocycles. The van der Waals surface area contributed by atoms with Crippen molar-refractivity contribution >= 4 is 8.32 Å². The van der Waals surface area contributed by atoms with Gasteiger partial charge in [-0.05, 0) is 43.1 Å². The van der Waals surface area contributed by atoms with Crippen molar-refractivity contribution in [2.45, 2.75) is 53.1 Å². The molecule has 0 heterocycles. The number of methoxy groups -OCH3 is 1. The molecular formula is C16H30O2Si. The summed E-state index contributed by atoms with van der Waals surface area (Å²) in [5.74, 6) is 0. The standard InChI is InChI=1S/C16H30O2Si/c1-7-10-13-15(11-8-2)16(12-9-3)19(5,6)18-14-17-4/h10-13H,7-9,14H2,1-6H3. The molecule has 0 spiro atoms. The highest BCUT2D eigenvalue weighted by Crippen LogP contribution is 2.26. The molecule has 3 heteroatoms. The Labute approximate surface area is 120 Å². The highest BCUT2D eigenvalue weighted by atomic mass is 28.4. The van der Waals surface area contributed by atoms with Crippen LogP contribution in [0.5, 0.6) is 0 Å². The zero-order valence-electron chi connectivity index (χ0n) is 13.5. The van der Waals surface area contributed by atoms with E-state index < -0.39 is 8.32 Å². The second-order valence-corrected chi connectivity index (χ2v) is 8.81. The Kier molecular flexibility index (Phi) is 9.84. The molecule has 0 unspecified atom stereocenters. The minimum Gasteiger partial charge on any atom is -0.391 e. The molecule has 0 saturated carbocycles. The van der Waals surface area contributed by atoms with Crippen LogP contribution >= 0.6 is 0 Å². The summed E-state index contributed by atoms with van der Waals surface area (Å²) in [6.45, 7) is 11.3. The van der Waals surface area contributed by atoms with Crippen molar-refractivity contribution in [1.82, 2.24) is 0 Å². The normalized spacial score (nSPS) is 14.4. The van der Waals surface area contributed by atoms with Crippen molar-refractivity contribution in [2.75, 3.05) is 13.9 Å². The molecule has 110 valence electrons. The van der Waals surface area contributed by atoms with Crippen LogP contribution in [0.15, 0.2) is 35.1 Å². The van der Waals surface area contributed by atoms with Gasteiger partial charge >= 0.3 is 0 Å². The van der Waals surface area contributed by atoms with Crippen molar-refractivity contribution in [2.24, 2.45) is 0 Å². The van der Waals surface area contributed by atoms with Crippen molar-refractivity contribution in [3.63, 3.8) is 0 Å². The molecule has 19 heavy (non-hydrogen) atoms. The van der Waals surface area contributed by atoms with Gasteiger partial charge in [-0.25, -0.2) is 0 Å². The van der Waals surface area contributed by atoms with Gasteiger partial charge in [-0.3, -0.25) is 0 Å². The SMILES string of the molecule is CCC=CC(=CCC)C(=CCC)[Si](C)(C)OCOC. The molecule has 0 aliphatic carbocycles. The van der Waals surface area contributed by atoms with E-state index in [0.717, 1.165) is 19.3 Å². The quantitative estimate of drug-likeness (QED) is 0.337. The summed E-state index contributed by atoms with van der Waals surface area (Å²) in [6, 6.07) is 0. The van der Waals surface area contributed by atoms with Gasteiger partial charge in [-0.2, -0.15) is 0 Å². The first kappa shape index (κ1) is 18.4. The Hall–Kier alpha value is -0.643. The first-order chi connectivity index (χ1) is 9.03. The van der Waals surface area contributed by atoms with Gasteiger partial charge in [0.1, 0.15) is 6.79 Å². The van der Waals surface area contributed by atoms with E-state index in [1.165, 1.54) is 10.8 Å². The molecule has 0 aliphatic heterocycles. The molecule has 0 bridgehead atoms. The second-order valence-electron chi connectivity index (χ2n) is 4.97. The summed E-state index contributed by atoms with van der Waals surface area (Å²) < 4.78 is 11.0. The average molecular weight is 282 g/mol. The average Bonchev–Trinajstić information content (AvgIpc) is 2.38. The third-order valence-corrected chi connectivity index (χ3v) is 5.49. The van der Waals surface area contributed by atoms with Crippen LogP contribution in [-0.4, -0.2) is 22.2 Å². The van der Waals surface area contributed by atoms with Gasteiger partial charge in [-0.15, -0.1) is 0 Å². The van der Waals surface area contributed by atoms with Crippen LogP contribution < -0.4 is 0 Å². The van der Waals surface area contributed by atoms with Gasteiger partial charge in [0.15, 0.2) is 0 Å². The van der Waals surface area contributed by atoms with E-state index in [1.807, 2.05) is 0 Å². The lowest BCUT2D eigenvalue weighted by Gasteiger charge is -2.27. The number of hydrogen-bond donors (Lipinski definition) is 0. The highest BCUT2D eigenvalue weighted by molar-refractivity contribution is 6.79. The first-order valence-corrected chi connectivity index (χ1v) is 10.1. The fraction of sp³-hybridized carbons (Fsp3) is 0.625. The van der Waals surface area contributed by atoms with Gasteiger partial charge in [0, 0.05) is 7.11 Å². The number of ether oxygens (including phenoxy) is 1. The molecular weight excluding hydrogens is 252 g/mol. The molecule has 0 aromatic heterocycles. The lowest BCUT2D eigenvalue weighted by molar-refractivity contribution is 0.0463. The maximum absolute atomic E-state index is 5.97. The van der Waals surface area contributed by atoms with Crippen molar-refractivity contribution in [3.8, 4) is 0 Å². The van der Waals surface area contributed by atoms with Gasteiger partial charge in [0.2, 0.25) is 8.32 Å². The minimum absolute atomic E-state index is 0.372. The van der Waals surface area contributed by atoms with Crippen LogP contribution in [0.1, 0.15) is 40.0 Å². The third-order valence-electron chi connectivity index (χ3n) is 2.86. The maximum atomic E-state index is 5.97. The van der Waals surface area contributed by atoms with Crippen LogP contribution in [0.3, 0.4) is 0 Å². The lowest BCUT2D eigenvalue weighted by Crippen LogP contribution is -2.35. The Bertz CT molecular complexity index is 328. The summed E-state index contributed by atoms with van der Waals surface area (Å²) in [7, 11) is -0.234. The van der Waals surface area contributed by atoms with E-state index in [9.17, 15) is 0 Å². The Balaban J connectivity index is 5.31. The van der Waals surface area contributed by atoms with E-state index in [1.54, 1.807) is 7.11 Å². The smallest absolute Gasteiger partial charge is 0.221 e. The molecule has 0 aliphatic rings. The monoisotopic (exact) mass is 282 g/mol. The zero-order chi connectivity index (χ0) is 14.7. The van der Waals surface area contributed by atoms with Crippen LogP contribution in [0, 0.1) is 0 Å². The Morgan fingerprint density at radius 2 is 1.63 bits per heavy atom. The van der Waals surface area contributed by atoms with Gasteiger partial charge in [0.05, 0.1) is 0 Å². The molecule has 0 fully saturated rings. The minimum atomic E-state index is -1.91. The van der Waals surface area contributed by atoms with E-state index in [4.69, 9.17) is 9.16 Å². The van der Waals surface area contributed by atoms with Crippen molar-refractivity contribution in [3.05, 3.63) is 35.1 Å². The highest BCUT2D eigenvalue weighted by Gasteiger charge is 2.29. The summed E-state index contributed by atoms with van der Waals surface area (Å²) in [4.78, 5) is 0. The predicted molar refractivity (Wildman–Crippen MR) is 86.6 cm³/mol. The van der Waals surface area contributed by atoms with Crippen LogP contribution in [0.25, 0.3) is 0 Å². The zero-order valence-corrected chi connectivity index (χ0v) is 14.5. The third kappa shape index (κ3) is 6.90. The Morgan fingerprint density at radius 1 is 1.00 bits per heavy atom. The van der Waals surface area contributed by atoms with Crippen molar-refractivity contribution in [1.29, 1.82) is 0 Å². The first-order valence-electron chi connectivity index (χ1n) is 7.24. The molecule has 0 aromatic carbocycles. The molecule has 0 rings (SSSR count). The molecule has 2 nitrogen and oxygen atoms in total. The molecule has 0 radical (unpaired) electrons. The van der Waals surface area contributed by atoms with Crippen LogP contribution in [0.2, 0.25) is 13.1 Å². The lowest BCUT2D eigenvalue weighted by atomic mass is 10.1.